The van der Waals surface area contributed by atoms with E-state index in [-0.39, 0.29) is 22.4 Å². The maximum Gasteiger partial charge on any atom is 0.243 e. The van der Waals surface area contributed by atoms with Gasteiger partial charge >= 0.3 is 0 Å². The first kappa shape index (κ1) is 17.9. The normalized spacial score (nSPS) is 12.6. The van der Waals surface area contributed by atoms with E-state index in [1.165, 1.54) is 16.4 Å². The molecule has 0 atom stereocenters. The minimum atomic E-state index is -3.67. The molecular formula is C15H25FN2O2S. The summed E-state index contributed by atoms with van der Waals surface area (Å²) in [5.41, 5.74) is 5.76. The van der Waals surface area contributed by atoms with E-state index in [1.54, 1.807) is 6.92 Å². The molecule has 0 heterocycles. The van der Waals surface area contributed by atoms with Crippen molar-refractivity contribution in [1.29, 1.82) is 0 Å². The van der Waals surface area contributed by atoms with Crippen molar-refractivity contribution < 1.29 is 12.8 Å². The quantitative estimate of drug-likeness (QED) is 0.821. The minimum Gasteiger partial charge on any atom is -0.396 e. The molecule has 0 unspecified atom stereocenters. The van der Waals surface area contributed by atoms with Gasteiger partial charge in [-0.3, -0.25) is 0 Å². The van der Waals surface area contributed by atoms with E-state index in [2.05, 4.69) is 0 Å². The molecule has 0 bridgehead atoms. The Kier molecular flexibility index (Phi) is 5.75. The molecule has 0 aromatic heterocycles. The number of sulfonamides is 1. The lowest BCUT2D eigenvalue weighted by atomic mass is 10.2. The molecule has 0 saturated carbocycles. The number of nitrogens with two attached hydrogens (primary N) is 1. The van der Waals surface area contributed by atoms with Crippen molar-refractivity contribution in [3.63, 3.8) is 0 Å². The fraction of sp³-hybridized carbons (Fsp3) is 0.600. The first-order valence-electron chi connectivity index (χ1n) is 7.11. The van der Waals surface area contributed by atoms with Gasteiger partial charge in [-0.2, -0.15) is 4.31 Å². The molecule has 1 aromatic carbocycles. The Hall–Kier alpha value is -1.14. The van der Waals surface area contributed by atoms with Crippen molar-refractivity contribution in [2.45, 2.75) is 39.5 Å². The first-order valence-corrected chi connectivity index (χ1v) is 8.55. The van der Waals surface area contributed by atoms with Crippen molar-refractivity contribution in [3.05, 3.63) is 23.5 Å². The molecule has 0 amide bonds. The monoisotopic (exact) mass is 316 g/mol. The predicted octanol–water partition coefficient (Wildman–Crippen LogP) is 3.02. The van der Waals surface area contributed by atoms with Crippen LogP contribution in [0.2, 0.25) is 0 Å². The molecule has 21 heavy (non-hydrogen) atoms. The van der Waals surface area contributed by atoms with Crippen LogP contribution in [0.5, 0.6) is 0 Å². The Balaban J connectivity index is 3.31. The number of halogens is 1. The lowest BCUT2D eigenvalue weighted by Gasteiger charge is -2.26. The molecule has 2 N–H and O–H groups in total. The molecule has 6 heteroatoms. The van der Waals surface area contributed by atoms with Crippen LogP contribution < -0.4 is 5.73 Å². The van der Waals surface area contributed by atoms with E-state index in [1.807, 2.05) is 27.7 Å². The van der Waals surface area contributed by atoms with Crippen LogP contribution in [0.3, 0.4) is 0 Å². The average Bonchev–Trinajstić information content (AvgIpc) is 2.31. The zero-order valence-electron chi connectivity index (χ0n) is 13.4. The highest BCUT2D eigenvalue weighted by atomic mass is 32.2. The van der Waals surface area contributed by atoms with Gasteiger partial charge in [-0.25, -0.2) is 12.8 Å². The second-order valence-electron chi connectivity index (χ2n) is 6.25. The fourth-order valence-corrected chi connectivity index (χ4v) is 4.18. The molecule has 0 spiro atoms. The van der Waals surface area contributed by atoms with Crippen molar-refractivity contribution in [1.82, 2.24) is 4.31 Å². The smallest absolute Gasteiger partial charge is 0.243 e. The fourth-order valence-electron chi connectivity index (χ4n) is 2.17. The van der Waals surface area contributed by atoms with Crippen molar-refractivity contribution in [2.24, 2.45) is 11.8 Å². The van der Waals surface area contributed by atoms with Gasteiger partial charge in [0.15, 0.2) is 0 Å². The van der Waals surface area contributed by atoms with Crippen LogP contribution in [0.15, 0.2) is 17.0 Å². The van der Waals surface area contributed by atoms with Gasteiger partial charge in [0.05, 0.1) is 10.6 Å². The van der Waals surface area contributed by atoms with Gasteiger partial charge in [-0.15, -0.1) is 0 Å². The minimum absolute atomic E-state index is 0.0858. The third kappa shape index (κ3) is 4.41. The molecule has 0 saturated heterocycles. The number of nitrogen functional groups attached to an aromatic ring is 1. The summed E-state index contributed by atoms with van der Waals surface area (Å²) in [4.78, 5) is 0.0858. The highest BCUT2D eigenvalue weighted by Gasteiger charge is 2.28. The van der Waals surface area contributed by atoms with E-state index in [9.17, 15) is 12.8 Å². The van der Waals surface area contributed by atoms with Gasteiger partial charge in [0.2, 0.25) is 10.0 Å². The highest BCUT2D eigenvalue weighted by molar-refractivity contribution is 7.89. The van der Waals surface area contributed by atoms with E-state index in [0.29, 0.717) is 18.7 Å². The number of nitrogens with zero attached hydrogens (tertiary/aromatic N) is 1. The standard InChI is InChI=1S/C15H25FN2O2S/c1-10(2)8-18(9-11(3)4)21(19,20)15-7-14(17)13(16)6-12(15)5/h6-7,10-11H,8-9,17H2,1-5H3. The van der Waals surface area contributed by atoms with E-state index < -0.39 is 15.8 Å². The number of benzene rings is 1. The molecule has 120 valence electrons. The number of hydrogen-bond donors (Lipinski definition) is 1. The summed E-state index contributed by atoms with van der Waals surface area (Å²) in [6, 6.07) is 2.39. The van der Waals surface area contributed by atoms with Crippen LogP contribution in [-0.4, -0.2) is 25.8 Å². The summed E-state index contributed by atoms with van der Waals surface area (Å²) in [6.07, 6.45) is 0. The Morgan fingerprint density at radius 2 is 1.62 bits per heavy atom. The molecule has 1 rings (SSSR count). The maximum absolute atomic E-state index is 13.4. The number of rotatable bonds is 6. The third-order valence-corrected chi connectivity index (χ3v) is 5.02. The van der Waals surface area contributed by atoms with Crippen LogP contribution in [0.1, 0.15) is 33.3 Å². The summed E-state index contributed by atoms with van der Waals surface area (Å²) in [6.45, 7) is 10.3. The second-order valence-corrected chi connectivity index (χ2v) is 8.16. The largest absolute Gasteiger partial charge is 0.396 e. The highest BCUT2D eigenvalue weighted by Crippen LogP contribution is 2.25. The number of hydrogen-bond acceptors (Lipinski definition) is 3. The molecular weight excluding hydrogens is 291 g/mol. The molecule has 4 nitrogen and oxygen atoms in total. The molecule has 0 aliphatic heterocycles. The van der Waals surface area contributed by atoms with Gasteiger partial charge in [-0.05, 0) is 36.5 Å². The third-order valence-electron chi connectivity index (χ3n) is 3.05. The number of anilines is 1. The predicted molar refractivity (Wildman–Crippen MR) is 84.0 cm³/mol. The summed E-state index contributed by atoms with van der Waals surface area (Å²) in [7, 11) is -3.67. The lowest BCUT2D eigenvalue weighted by Crippen LogP contribution is -2.37. The van der Waals surface area contributed by atoms with Crippen LogP contribution in [0.4, 0.5) is 10.1 Å². The Bertz CT molecular complexity index is 588. The SMILES string of the molecule is Cc1cc(F)c(N)cc1S(=O)(=O)N(CC(C)C)CC(C)C. The average molecular weight is 316 g/mol. The topological polar surface area (TPSA) is 63.4 Å². The van der Waals surface area contributed by atoms with E-state index >= 15 is 0 Å². The maximum atomic E-state index is 13.4. The zero-order valence-corrected chi connectivity index (χ0v) is 14.2. The summed E-state index contributed by atoms with van der Waals surface area (Å²) in [5.74, 6) is -0.182. The van der Waals surface area contributed by atoms with Crippen molar-refractivity contribution in [3.8, 4) is 0 Å². The van der Waals surface area contributed by atoms with Crippen LogP contribution in [-0.2, 0) is 10.0 Å². The van der Waals surface area contributed by atoms with Crippen LogP contribution in [0, 0.1) is 24.6 Å². The summed E-state index contributed by atoms with van der Waals surface area (Å²) >= 11 is 0. The molecule has 1 aromatic rings. The Labute approximate surface area is 127 Å². The summed E-state index contributed by atoms with van der Waals surface area (Å²) in [5, 5.41) is 0. The van der Waals surface area contributed by atoms with Crippen LogP contribution in [0.25, 0.3) is 0 Å². The van der Waals surface area contributed by atoms with Gasteiger partial charge in [0.1, 0.15) is 5.82 Å². The lowest BCUT2D eigenvalue weighted by molar-refractivity contribution is 0.333. The van der Waals surface area contributed by atoms with Gasteiger partial charge in [0, 0.05) is 13.1 Å². The zero-order chi connectivity index (χ0) is 16.4. The van der Waals surface area contributed by atoms with Gasteiger partial charge in [-0.1, -0.05) is 27.7 Å². The van der Waals surface area contributed by atoms with E-state index in [0.717, 1.165) is 0 Å². The van der Waals surface area contributed by atoms with Crippen molar-refractivity contribution >= 4 is 15.7 Å². The van der Waals surface area contributed by atoms with Crippen molar-refractivity contribution in [2.75, 3.05) is 18.8 Å². The van der Waals surface area contributed by atoms with Crippen LogP contribution >= 0.6 is 0 Å². The molecule has 0 aliphatic rings. The van der Waals surface area contributed by atoms with Gasteiger partial charge < -0.3 is 5.73 Å². The molecule has 0 radical (unpaired) electrons. The Morgan fingerprint density at radius 1 is 1.14 bits per heavy atom. The molecule has 0 fully saturated rings. The first-order chi connectivity index (χ1) is 9.55. The second kappa shape index (κ2) is 6.75. The Morgan fingerprint density at radius 3 is 2.05 bits per heavy atom. The molecule has 0 aliphatic carbocycles. The van der Waals surface area contributed by atoms with Gasteiger partial charge in [0.25, 0.3) is 0 Å². The van der Waals surface area contributed by atoms with E-state index in [4.69, 9.17) is 5.73 Å². The summed E-state index contributed by atoms with van der Waals surface area (Å²) < 4.78 is 40.6. The number of aryl methyl sites for hydroxylation is 1.